The Hall–Kier alpha value is -3.37. The zero-order valence-corrected chi connectivity index (χ0v) is 13.5. The molecule has 0 spiro atoms. The lowest BCUT2D eigenvalue weighted by Crippen LogP contribution is -2.00. The molecule has 2 aromatic carbocycles. The molecule has 0 amide bonds. The van der Waals surface area contributed by atoms with Crippen LogP contribution >= 0.6 is 11.6 Å². The maximum Gasteiger partial charge on any atom is 0.269 e. The molecule has 0 aliphatic carbocycles. The van der Waals surface area contributed by atoms with Crippen LogP contribution in [0.25, 0.3) is 11.5 Å². The van der Waals surface area contributed by atoms with Gasteiger partial charge in [0.2, 0.25) is 17.5 Å². The molecule has 0 atom stereocenters. The van der Waals surface area contributed by atoms with Crippen molar-refractivity contribution in [3.63, 3.8) is 0 Å². The van der Waals surface area contributed by atoms with Crippen molar-refractivity contribution in [2.75, 3.05) is 5.32 Å². The average Bonchev–Trinajstić information content (AvgIpc) is 3.04. The molecule has 0 aliphatic heterocycles. The Morgan fingerprint density at radius 1 is 1.24 bits per heavy atom. The van der Waals surface area contributed by atoms with Crippen molar-refractivity contribution in [1.29, 1.82) is 5.26 Å². The lowest BCUT2D eigenvalue weighted by molar-refractivity contribution is -0.384. The van der Waals surface area contributed by atoms with Crippen molar-refractivity contribution >= 4 is 23.2 Å². The second kappa shape index (κ2) is 7.03. The number of halogens is 1. The number of anilines is 1. The van der Waals surface area contributed by atoms with Crippen molar-refractivity contribution in [3.05, 3.63) is 74.9 Å². The topological polar surface area (TPSA) is 105 Å². The Morgan fingerprint density at radius 2 is 1.96 bits per heavy atom. The van der Waals surface area contributed by atoms with E-state index in [0.717, 1.165) is 5.56 Å². The molecular weight excluding hydrogens is 344 g/mol. The van der Waals surface area contributed by atoms with E-state index in [0.29, 0.717) is 17.1 Å². The first kappa shape index (κ1) is 16.5. The van der Waals surface area contributed by atoms with Gasteiger partial charge in [-0.1, -0.05) is 29.8 Å². The van der Waals surface area contributed by atoms with Crippen LogP contribution < -0.4 is 5.32 Å². The Morgan fingerprint density at radius 3 is 2.60 bits per heavy atom. The Bertz CT molecular complexity index is 961. The highest BCUT2D eigenvalue weighted by atomic mass is 35.5. The number of rotatable bonds is 5. The molecule has 25 heavy (non-hydrogen) atoms. The summed E-state index contributed by atoms with van der Waals surface area (Å²) < 4.78 is 5.60. The second-order valence-corrected chi connectivity index (χ2v) is 5.46. The largest absolute Gasteiger partial charge is 0.419 e. The van der Waals surface area contributed by atoms with Gasteiger partial charge in [0.25, 0.3) is 5.69 Å². The van der Waals surface area contributed by atoms with Gasteiger partial charge in [-0.3, -0.25) is 10.1 Å². The van der Waals surface area contributed by atoms with Crippen LogP contribution in [0.15, 0.2) is 52.9 Å². The minimum Gasteiger partial charge on any atom is -0.419 e. The molecule has 0 aliphatic rings. The number of nitrogens with zero attached hydrogens (tertiary/aromatic N) is 3. The van der Waals surface area contributed by atoms with Gasteiger partial charge in [-0.2, -0.15) is 10.2 Å². The number of nitriles is 1. The van der Waals surface area contributed by atoms with E-state index in [2.05, 4.69) is 10.3 Å². The molecule has 124 valence electrons. The third-order valence-corrected chi connectivity index (χ3v) is 3.82. The minimum atomic E-state index is -0.489. The van der Waals surface area contributed by atoms with E-state index in [4.69, 9.17) is 16.0 Å². The number of nitro benzene ring substituents is 1. The van der Waals surface area contributed by atoms with E-state index in [1.54, 1.807) is 6.07 Å². The number of nitrogens with one attached hydrogen (secondary N) is 1. The summed E-state index contributed by atoms with van der Waals surface area (Å²) >= 11 is 6.10. The van der Waals surface area contributed by atoms with Crippen molar-refractivity contribution in [2.24, 2.45) is 0 Å². The van der Waals surface area contributed by atoms with E-state index in [1.165, 1.54) is 24.3 Å². The summed E-state index contributed by atoms with van der Waals surface area (Å²) in [5.74, 6) is 0.420. The molecule has 3 rings (SSSR count). The predicted octanol–water partition coefficient (Wildman–Crippen LogP) is 4.39. The summed E-state index contributed by atoms with van der Waals surface area (Å²) in [7, 11) is 0. The van der Waals surface area contributed by atoms with Crippen LogP contribution in [-0.4, -0.2) is 9.91 Å². The molecule has 1 aromatic heterocycles. The maximum atomic E-state index is 10.7. The summed E-state index contributed by atoms with van der Waals surface area (Å²) in [4.78, 5) is 14.3. The first-order valence-electron chi connectivity index (χ1n) is 7.21. The van der Waals surface area contributed by atoms with Crippen LogP contribution in [0.1, 0.15) is 11.3 Å². The number of hydrogen-bond donors (Lipinski definition) is 1. The van der Waals surface area contributed by atoms with Gasteiger partial charge in [0.05, 0.1) is 4.92 Å². The first-order valence-corrected chi connectivity index (χ1v) is 7.59. The minimum absolute atomic E-state index is 0.0344. The number of non-ortho nitro benzene ring substituents is 1. The summed E-state index contributed by atoms with van der Waals surface area (Å²) in [5, 5.41) is 23.5. The van der Waals surface area contributed by atoms with E-state index in [1.807, 2.05) is 24.3 Å². The molecule has 0 saturated carbocycles. The molecule has 1 heterocycles. The highest BCUT2D eigenvalue weighted by Crippen LogP contribution is 2.27. The SMILES string of the molecule is N#Cc1nc(-c2ccc([N+](=O)[O-])cc2)oc1NCc1ccccc1Cl. The molecule has 1 N–H and O–H groups in total. The lowest BCUT2D eigenvalue weighted by atomic mass is 10.2. The number of benzene rings is 2. The van der Waals surface area contributed by atoms with E-state index >= 15 is 0 Å². The standard InChI is InChI=1S/C17H11ClN4O3/c18-14-4-2-1-3-12(14)10-20-17-15(9-19)21-16(25-17)11-5-7-13(8-6-11)22(23)24/h1-8,20H,10H2. The molecule has 0 fully saturated rings. The van der Waals surface area contributed by atoms with Gasteiger partial charge in [-0.25, -0.2) is 0 Å². The van der Waals surface area contributed by atoms with E-state index < -0.39 is 4.92 Å². The van der Waals surface area contributed by atoms with Gasteiger partial charge in [-0.15, -0.1) is 0 Å². The Balaban J connectivity index is 1.83. The monoisotopic (exact) mass is 354 g/mol. The predicted molar refractivity (Wildman–Crippen MR) is 92.1 cm³/mol. The number of aromatic nitrogens is 1. The van der Waals surface area contributed by atoms with Crippen molar-refractivity contribution in [1.82, 2.24) is 4.98 Å². The quantitative estimate of drug-likeness (QED) is 0.538. The van der Waals surface area contributed by atoms with E-state index in [-0.39, 0.29) is 23.2 Å². The zero-order valence-electron chi connectivity index (χ0n) is 12.8. The molecule has 0 saturated heterocycles. The van der Waals surface area contributed by atoms with Crippen LogP contribution in [0, 0.1) is 21.4 Å². The van der Waals surface area contributed by atoms with Crippen molar-refractivity contribution < 1.29 is 9.34 Å². The van der Waals surface area contributed by atoms with Crippen molar-refractivity contribution in [2.45, 2.75) is 6.54 Å². The maximum absolute atomic E-state index is 10.7. The van der Waals surface area contributed by atoms with E-state index in [9.17, 15) is 15.4 Å². The summed E-state index contributed by atoms with van der Waals surface area (Å²) in [5.41, 5.74) is 1.45. The zero-order chi connectivity index (χ0) is 17.8. The normalized spacial score (nSPS) is 10.2. The fourth-order valence-electron chi connectivity index (χ4n) is 2.18. The molecule has 0 unspecified atom stereocenters. The summed E-state index contributed by atoms with van der Waals surface area (Å²) in [6.45, 7) is 0.364. The van der Waals surface area contributed by atoms with Gasteiger partial charge in [0.1, 0.15) is 6.07 Å². The van der Waals surface area contributed by atoms with Crippen LogP contribution in [0.5, 0.6) is 0 Å². The molecule has 8 heteroatoms. The molecule has 0 bridgehead atoms. The van der Waals surface area contributed by atoms with Gasteiger partial charge in [0.15, 0.2) is 0 Å². The smallest absolute Gasteiger partial charge is 0.269 e. The third kappa shape index (κ3) is 3.59. The fourth-order valence-corrected chi connectivity index (χ4v) is 2.38. The second-order valence-electron chi connectivity index (χ2n) is 5.06. The molecular formula is C17H11ClN4O3. The van der Waals surface area contributed by atoms with Crippen molar-refractivity contribution in [3.8, 4) is 17.5 Å². The molecule has 0 radical (unpaired) electrons. The van der Waals surface area contributed by atoms with Crippen LogP contribution in [0.3, 0.4) is 0 Å². The Labute approximate surface area is 147 Å². The summed E-state index contributed by atoms with van der Waals surface area (Å²) in [6.07, 6.45) is 0. The van der Waals surface area contributed by atoms with Crippen LogP contribution in [0.2, 0.25) is 5.02 Å². The lowest BCUT2D eigenvalue weighted by Gasteiger charge is -2.05. The fraction of sp³-hybridized carbons (Fsp3) is 0.0588. The highest BCUT2D eigenvalue weighted by molar-refractivity contribution is 6.31. The van der Waals surface area contributed by atoms with Crippen LogP contribution in [-0.2, 0) is 6.54 Å². The number of nitro groups is 1. The molecule has 7 nitrogen and oxygen atoms in total. The number of hydrogen-bond acceptors (Lipinski definition) is 6. The number of oxazole rings is 1. The van der Waals surface area contributed by atoms with Gasteiger partial charge >= 0.3 is 0 Å². The first-order chi connectivity index (χ1) is 12.1. The summed E-state index contributed by atoms with van der Waals surface area (Å²) in [6, 6.07) is 15.0. The highest BCUT2D eigenvalue weighted by Gasteiger charge is 2.15. The Kier molecular flexibility index (Phi) is 4.64. The van der Waals surface area contributed by atoms with Crippen LogP contribution in [0.4, 0.5) is 11.6 Å². The molecule has 3 aromatic rings. The van der Waals surface area contributed by atoms with Gasteiger partial charge in [0, 0.05) is 29.3 Å². The van der Waals surface area contributed by atoms with Gasteiger partial charge in [-0.05, 0) is 23.8 Å². The van der Waals surface area contributed by atoms with Gasteiger partial charge < -0.3 is 9.73 Å². The average molecular weight is 355 g/mol. The third-order valence-electron chi connectivity index (χ3n) is 3.46.